The van der Waals surface area contributed by atoms with Crippen molar-refractivity contribution in [3.05, 3.63) is 17.3 Å². The van der Waals surface area contributed by atoms with Crippen LogP contribution in [0, 0.1) is 0 Å². The van der Waals surface area contributed by atoms with Gasteiger partial charge in [-0.25, -0.2) is 5.84 Å². The van der Waals surface area contributed by atoms with E-state index in [4.69, 9.17) is 5.84 Å². The summed E-state index contributed by atoms with van der Waals surface area (Å²) in [6.07, 6.45) is 6.51. The van der Waals surface area contributed by atoms with Crippen molar-refractivity contribution in [2.24, 2.45) is 5.84 Å². The predicted molar refractivity (Wildman–Crippen MR) is 46.5 cm³/mol. The van der Waals surface area contributed by atoms with Crippen LogP contribution in [0.15, 0.2) is 6.20 Å². The van der Waals surface area contributed by atoms with Gasteiger partial charge in [0.05, 0.1) is 6.20 Å². The zero-order valence-corrected chi connectivity index (χ0v) is 6.88. The Balaban J connectivity index is 2.44. The summed E-state index contributed by atoms with van der Waals surface area (Å²) in [5.74, 6) is 6.06. The van der Waals surface area contributed by atoms with E-state index in [1.165, 1.54) is 24.0 Å². The number of aryl methyl sites for hydroxylation is 1. The van der Waals surface area contributed by atoms with Gasteiger partial charge in [0, 0.05) is 5.56 Å². The minimum absolute atomic E-state index is 0.743. The van der Waals surface area contributed by atoms with E-state index in [2.05, 4.69) is 15.6 Å². The van der Waals surface area contributed by atoms with Crippen LogP contribution in [0.3, 0.4) is 0 Å². The van der Waals surface area contributed by atoms with Crippen molar-refractivity contribution >= 4 is 5.82 Å². The van der Waals surface area contributed by atoms with Crippen molar-refractivity contribution in [3.8, 4) is 0 Å². The van der Waals surface area contributed by atoms with Gasteiger partial charge < -0.3 is 5.43 Å². The molecule has 0 aromatic carbocycles. The molecule has 0 saturated carbocycles. The average Bonchev–Trinajstić information content (AvgIpc) is 2.17. The summed E-state index contributed by atoms with van der Waals surface area (Å²) >= 11 is 0. The summed E-state index contributed by atoms with van der Waals surface area (Å²) in [6, 6.07) is 0. The van der Waals surface area contributed by atoms with Crippen LogP contribution in [0.1, 0.15) is 24.0 Å². The summed E-state index contributed by atoms with van der Waals surface area (Å²) in [4.78, 5) is 0. The number of nitrogens with one attached hydrogen (secondary N) is 1. The zero-order valence-electron chi connectivity index (χ0n) is 6.88. The largest absolute Gasteiger partial charge is 0.307 e. The highest BCUT2D eigenvalue weighted by atomic mass is 15.3. The van der Waals surface area contributed by atoms with Crippen LogP contribution >= 0.6 is 0 Å². The van der Waals surface area contributed by atoms with Gasteiger partial charge in [-0.2, -0.15) is 5.10 Å². The summed E-state index contributed by atoms with van der Waals surface area (Å²) in [5, 5.41) is 7.80. The topological polar surface area (TPSA) is 63.8 Å². The average molecular weight is 164 g/mol. The van der Waals surface area contributed by atoms with Gasteiger partial charge in [-0.05, 0) is 31.2 Å². The maximum Gasteiger partial charge on any atom is 0.166 e. The minimum atomic E-state index is 0.743. The summed E-state index contributed by atoms with van der Waals surface area (Å²) in [7, 11) is 0. The molecule has 12 heavy (non-hydrogen) atoms. The third kappa shape index (κ3) is 1.14. The molecular formula is C8H12N4. The molecule has 3 N–H and O–H groups in total. The van der Waals surface area contributed by atoms with E-state index in [1.54, 1.807) is 0 Å². The fourth-order valence-electron chi connectivity index (χ4n) is 1.67. The molecule has 0 radical (unpaired) electrons. The van der Waals surface area contributed by atoms with Gasteiger partial charge >= 0.3 is 0 Å². The van der Waals surface area contributed by atoms with E-state index in [9.17, 15) is 0 Å². The second kappa shape index (κ2) is 3.06. The molecule has 0 unspecified atom stereocenters. The lowest BCUT2D eigenvalue weighted by molar-refractivity contribution is 0.675. The Morgan fingerprint density at radius 3 is 3.00 bits per heavy atom. The van der Waals surface area contributed by atoms with Crippen molar-refractivity contribution in [2.75, 3.05) is 5.43 Å². The SMILES string of the molecule is NNc1nncc2c1CCCC2. The molecule has 0 aliphatic heterocycles. The molecule has 0 fully saturated rings. The number of nitrogen functional groups attached to an aromatic ring is 1. The van der Waals surface area contributed by atoms with Gasteiger partial charge in [0.25, 0.3) is 0 Å². The second-order valence-corrected chi connectivity index (χ2v) is 3.05. The van der Waals surface area contributed by atoms with Gasteiger partial charge in [0.1, 0.15) is 0 Å². The first-order valence-corrected chi connectivity index (χ1v) is 4.22. The van der Waals surface area contributed by atoms with Crippen LogP contribution in [0.2, 0.25) is 0 Å². The van der Waals surface area contributed by atoms with Crippen LogP contribution in [-0.2, 0) is 12.8 Å². The van der Waals surface area contributed by atoms with Gasteiger partial charge in [0.2, 0.25) is 0 Å². The number of hydrogen-bond acceptors (Lipinski definition) is 4. The smallest absolute Gasteiger partial charge is 0.166 e. The third-order valence-corrected chi connectivity index (χ3v) is 2.30. The highest BCUT2D eigenvalue weighted by Crippen LogP contribution is 2.24. The Labute approximate surface area is 71.2 Å². The summed E-state index contributed by atoms with van der Waals surface area (Å²) < 4.78 is 0. The van der Waals surface area contributed by atoms with Crippen LogP contribution in [0.25, 0.3) is 0 Å². The van der Waals surface area contributed by atoms with E-state index in [0.717, 1.165) is 18.7 Å². The molecule has 2 rings (SSSR count). The third-order valence-electron chi connectivity index (χ3n) is 2.30. The number of anilines is 1. The summed E-state index contributed by atoms with van der Waals surface area (Å²) in [5.41, 5.74) is 5.13. The number of fused-ring (bicyclic) bond motifs is 1. The molecule has 1 heterocycles. The number of rotatable bonds is 1. The standard InChI is InChI=1S/C8H12N4/c9-11-8-7-4-2-1-3-6(7)5-10-12-8/h5H,1-4,9H2,(H,11,12). The molecule has 1 aromatic rings. The molecule has 0 amide bonds. The number of aromatic nitrogens is 2. The first-order chi connectivity index (χ1) is 5.92. The molecule has 0 bridgehead atoms. The first-order valence-electron chi connectivity index (χ1n) is 4.22. The molecular weight excluding hydrogens is 152 g/mol. The quantitative estimate of drug-likeness (QED) is 0.472. The number of hydrogen-bond donors (Lipinski definition) is 2. The normalized spacial score (nSPS) is 15.4. The molecule has 4 nitrogen and oxygen atoms in total. The Kier molecular flexibility index (Phi) is 1.91. The maximum absolute atomic E-state index is 5.32. The highest BCUT2D eigenvalue weighted by Gasteiger charge is 2.13. The predicted octanol–water partition coefficient (Wildman–Crippen LogP) is 0.641. The van der Waals surface area contributed by atoms with E-state index in [-0.39, 0.29) is 0 Å². The van der Waals surface area contributed by atoms with E-state index in [1.807, 2.05) is 6.20 Å². The van der Waals surface area contributed by atoms with Crippen molar-refractivity contribution in [2.45, 2.75) is 25.7 Å². The van der Waals surface area contributed by atoms with Gasteiger partial charge in [-0.15, -0.1) is 5.10 Å². The van der Waals surface area contributed by atoms with Crippen molar-refractivity contribution < 1.29 is 0 Å². The van der Waals surface area contributed by atoms with Crippen molar-refractivity contribution in [3.63, 3.8) is 0 Å². The lowest BCUT2D eigenvalue weighted by atomic mass is 9.94. The van der Waals surface area contributed by atoms with Crippen LogP contribution in [-0.4, -0.2) is 10.2 Å². The zero-order chi connectivity index (χ0) is 8.39. The van der Waals surface area contributed by atoms with Crippen LogP contribution < -0.4 is 11.3 Å². The van der Waals surface area contributed by atoms with Gasteiger partial charge in [-0.3, -0.25) is 0 Å². The van der Waals surface area contributed by atoms with Crippen molar-refractivity contribution in [1.29, 1.82) is 0 Å². The number of nitrogens with zero attached hydrogens (tertiary/aromatic N) is 2. The highest BCUT2D eigenvalue weighted by molar-refractivity contribution is 5.46. The van der Waals surface area contributed by atoms with E-state index < -0.39 is 0 Å². The molecule has 0 spiro atoms. The fourth-order valence-corrected chi connectivity index (χ4v) is 1.67. The Bertz CT molecular complexity index is 270. The molecule has 1 aliphatic carbocycles. The monoisotopic (exact) mass is 164 g/mol. The number of hydrazine groups is 1. The molecule has 1 aliphatic rings. The molecule has 64 valence electrons. The minimum Gasteiger partial charge on any atom is -0.307 e. The molecule has 0 saturated heterocycles. The van der Waals surface area contributed by atoms with E-state index >= 15 is 0 Å². The lowest BCUT2D eigenvalue weighted by Gasteiger charge is -2.16. The Morgan fingerprint density at radius 2 is 2.17 bits per heavy atom. The van der Waals surface area contributed by atoms with Crippen LogP contribution in [0.5, 0.6) is 0 Å². The van der Waals surface area contributed by atoms with E-state index in [0.29, 0.717) is 0 Å². The fraction of sp³-hybridized carbons (Fsp3) is 0.500. The van der Waals surface area contributed by atoms with Crippen molar-refractivity contribution in [1.82, 2.24) is 10.2 Å². The second-order valence-electron chi connectivity index (χ2n) is 3.05. The lowest BCUT2D eigenvalue weighted by Crippen LogP contribution is -2.15. The summed E-state index contributed by atoms with van der Waals surface area (Å²) in [6.45, 7) is 0. The van der Waals surface area contributed by atoms with Crippen LogP contribution in [0.4, 0.5) is 5.82 Å². The van der Waals surface area contributed by atoms with Gasteiger partial charge in [-0.1, -0.05) is 0 Å². The maximum atomic E-state index is 5.32. The Morgan fingerprint density at radius 1 is 1.33 bits per heavy atom. The van der Waals surface area contributed by atoms with Gasteiger partial charge in [0.15, 0.2) is 5.82 Å². The molecule has 4 heteroatoms. The molecule has 0 atom stereocenters. The first kappa shape index (κ1) is 7.49. The Hall–Kier alpha value is -1.16. The molecule has 1 aromatic heterocycles. The number of nitrogens with two attached hydrogens (primary N) is 1.